The van der Waals surface area contributed by atoms with E-state index in [0.717, 1.165) is 17.5 Å². The first-order chi connectivity index (χ1) is 13.3. The van der Waals surface area contributed by atoms with Gasteiger partial charge in [-0.05, 0) is 28.9 Å². The normalized spacial score (nSPS) is 12.5. The lowest BCUT2D eigenvalue weighted by atomic mass is 9.85. The Balaban J connectivity index is 1.97. The Morgan fingerprint density at radius 1 is 0.857 bits per heavy atom. The van der Waals surface area contributed by atoms with Crippen molar-refractivity contribution >= 4 is 7.60 Å². The average molecular weight is 404 g/mol. The first kappa shape index (κ1) is 22.8. The van der Waals surface area contributed by atoms with Crippen molar-refractivity contribution in [2.75, 3.05) is 13.0 Å². The second-order valence-electron chi connectivity index (χ2n) is 8.37. The van der Waals surface area contributed by atoms with Gasteiger partial charge < -0.3 is 13.8 Å². The summed E-state index contributed by atoms with van der Waals surface area (Å²) >= 11 is 0. The summed E-state index contributed by atoms with van der Waals surface area (Å²) in [6.07, 6.45) is 0.987. The Morgan fingerprint density at radius 3 is 1.75 bits per heavy atom. The van der Waals surface area contributed by atoms with Gasteiger partial charge in [0.15, 0.2) is 0 Å². The van der Waals surface area contributed by atoms with E-state index in [2.05, 4.69) is 27.7 Å². The second kappa shape index (κ2) is 10.9. The molecule has 0 aromatic heterocycles. The molecule has 4 nitrogen and oxygen atoms in total. The molecule has 0 radical (unpaired) electrons. The lowest BCUT2D eigenvalue weighted by Gasteiger charge is -2.27. The molecule has 0 atom stereocenters. The van der Waals surface area contributed by atoms with Crippen molar-refractivity contribution in [2.24, 2.45) is 11.3 Å². The molecule has 0 spiro atoms. The van der Waals surface area contributed by atoms with Crippen LogP contribution < -0.4 is 0 Å². The fraction of sp³-hybridized carbons (Fsp3) is 0.478. The van der Waals surface area contributed by atoms with E-state index in [-0.39, 0.29) is 25.0 Å². The van der Waals surface area contributed by atoms with E-state index in [1.807, 2.05) is 60.7 Å². The first-order valence-corrected chi connectivity index (χ1v) is 11.5. The van der Waals surface area contributed by atoms with Gasteiger partial charge in [-0.3, -0.25) is 4.57 Å². The van der Waals surface area contributed by atoms with Crippen molar-refractivity contribution in [2.45, 2.75) is 47.3 Å². The summed E-state index contributed by atoms with van der Waals surface area (Å²) in [6, 6.07) is 19.4. The van der Waals surface area contributed by atoms with E-state index >= 15 is 0 Å². The zero-order valence-electron chi connectivity index (χ0n) is 17.5. The highest BCUT2D eigenvalue weighted by molar-refractivity contribution is 7.53. The molecule has 2 aromatic rings. The predicted molar refractivity (Wildman–Crippen MR) is 114 cm³/mol. The van der Waals surface area contributed by atoms with Crippen LogP contribution >= 0.6 is 7.60 Å². The Kier molecular flexibility index (Phi) is 8.91. The topological polar surface area (TPSA) is 44.8 Å². The molecule has 0 aliphatic carbocycles. The van der Waals surface area contributed by atoms with Gasteiger partial charge in [0.2, 0.25) is 0 Å². The second-order valence-corrected chi connectivity index (χ2v) is 10.4. The minimum Gasteiger partial charge on any atom is -0.368 e. The summed E-state index contributed by atoms with van der Waals surface area (Å²) in [4.78, 5) is 0. The van der Waals surface area contributed by atoms with Crippen molar-refractivity contribution in [3.8, 4) is 0 Å². The lowest BCUT2D eigenvalue weighted by molar-refractivity contribution is 0.0590. The zero-order chi connectivity index (χ0) is 20.5. The van der Waals surface area contributed by atoms with Crippen LogP contribution in [0.3, 0.4) is 0 Å². The average Bonchev–Trinajstić information content (AvgIpc) is 2.65. The summed E-state index contributed by atoms with van der Waals surface area (Å²) in [6.45, 7) is 9.67. The van der Waals surface area contributed by atoms with Gasteiger partial charge >= 0.3 is 7.60 Å². The molecule has 0 fully saturated rings. The highest BCUT2D eigenvalue weighted by Crippen LogP contribution is 2.50. The molecule has 28 heavy (non-hydrogen) atoms. The van der Waals surface area contributed by atoms with E-state index in [1.165, 1.54) is 0 Å². The summed E-state index contributed by atoms with van der Waals surface area (Å²) in [5.74, 6) is 0.578. The van der Waals surface area contributed by atoms with Gasteiger partial charge in [-0.1, -0.05) is 88.4 Å². The van der Waals surface area contributed by atoms with Crippen LogP contribution in [0.2, 0.25) is 0 Å². The van der Waals surface area contributed by atoms with Gasteiger partial charge in [0.1, 0.15) is 6.35 Å². The van der Waals surface area contributed by atoms with Crippen LogP contribution in [-0.2, 0) is 31.6 Å². The summed E-state index contributed by atoms with van der Waals surface area (Å²) in [7, 11) is -3.39. The number of benzene rings is 2. The predicted octanol–water partition coefficient (Wildman–Crippen LogP) is 6.66. The van der Waals surface area contributed by atoms with Crippen LogP contribution in [0.4, 0.5) is 0 Å². The third kappa shape index (κ3) is 8.70. The van der Waals surface area contributed by atoms with Gasteiger partial charge in [0.25, 0.3) is 0 Å². The van der Waals surface area contributed by atoms with E-state index in [0.29, 0.717) is 12.5 Å². The van der Waals surface area contributed by atoms with Crippen LogP contribution in [0.25, 0.3) is 0 Å². The monoisotopic (exact) mass is 404 g/mol. The number of rotatable bonds is 12. The summed E-state index contributed by atoms with van der Waals surface area (Å²) < 4.78 is 30.6. The molecule has 2 rings (SSSR count). The molecule has 0 aliphatic heterocycles. The molecule has 0 N–H and O–H groups in total. The Morgan fingerprint density at radius 2 is 1.32 bits per heavy atom. The molecule has 2 aromatic carbocycles. The molecular formula is C23H33O4P. The fourth-order valence-corrected chi connectivity index (χ4v) is 4.43. The smallest absolute Gasteiger partial charge is 0.356 e. The third-order valence-electron chi connectivity index (χ3n) is 4.24. The number of hydrogen-bond donors (Lipinski definition) is 0. The molecule has 0 amide bonds. The largest absolute Gasteiger partial charge is 0.368 e. The minimum atomic E-state index is -3.39. The van der Waals surface area contributed by atoms with Crippen molar-refractivity contribution < 1.29 is 18.3 Å². The maximum absolute atomic E-state index is 13.3. The van der Waals surface area contributed by atoms with Crippen molar-refractivity contribution in [3.05, 3.63) is 71.8 Å². The SMILES string of the molecule is CC(C)CC(C)(C)COCP(=O)(OCc1ccccc1)OCc1ccccc1. The van der Waals surface area contributed by atoms with Gasteiger partial charge in [-0.15, -0.1) is 0 Å². The van der Waals surface area contributed by atoms with Gasteiger partial charge in [-0.25, -0.2) is 0 Å². The molecule has 154 valence electrons. The van der Waals surface area contributed by atoms with Gasteiger partial charge in [-0.2, -0.15) is 0 Å². The highest BCUT2D eigenvalue weighted by atomic mass is 31.2. The zero-order valence-corrected chi connectivity index (χ0v) is 18.4. The van der Waals surface area contributed by atoms with Gasteiger partial charge in [0.05, 0.1) is 19.8 Å². The first-order valence-electron chi connectivity index (χ1n) is 9.82. The Labute approximate surface area is 169 Å². The lowest BCUT2D eigenvalue weighted by Crippen LogP contribution is -2.22. The maximum Gasteiger partial charge on any atom is 0.356 e. The minimum absolute atomic E-state index is 0.0118. The molecule has 0 bridgehead atoms. The van der Waals surface area contributed by atoms with E-state index < -0.39 is 7.60 Å². The Bertz CT molecular complexity index is 681. The van der Waals surface area contributed by atoms with Gasteiger partial charge in [0, 0.05) is 0 Å². The molecule has 0 saturated carbocycles. The number of hydrogen-bond acceptors (Lipinski definition) is 4. The molecule has 5 heteroatoms. The molecule has 0 unspecified atom stereocenters. The fourth-order valence-electron chi connectivity index (χ4n) is 3.20. The highest BCUT2D eigenvalue weighted by Gasteiger charge is 2.28. The van der Waals surface area contributed by atoms with Crippen LogP contribution in [-0.4, -0.2) is 13.0 Å². The quantitative estimate of drug-likeness (QED) is 0.371. The Hall–Kier alpha value is -1.45. The summed E-state index contributed by atoms with van der Waals surface area (Å²) in [5.41, 5.74) is 1.91. The molecule has 0 saturated heterocycles. The molecule has 0 heterocycles. The third-order valence-corrected chi connectivity index (χ3v) is 5.79. The molecule has 0 aliphatic rings. The van der Waals surface area contributed by atoms with Crippen LogP contribution in [0.15, 0.2) is 60.7 Å². The van der Waals surface area contributed by atoms with Crippen molar-refractivity contribution in [3.63, 3.8) is 0 Å². The van der Waals surface area contributed by atoms with Crippen LogP contribution in [0.1, 0.15) is 45.2 Å². The van der Waals surface area contributed by atoms with Crippen LogP contribution in [0, 0.1) is 11.3 Å². The van der Waals surface area contributed by atoms with E-state index in [4.69, 9.17) is 13.8 Å². The summed E-state index contributed by atoms with van der Waals surface area (Å²) in [5, 5.41) is 0. The van der Waals surface area contributed by atoms with Crippen LogP contribution in [0.5, 0.6) is 0 Å². The van der Waals surface area contributed by atoms with Crippen molar-refractivity contribution in [1.29, 1.82) is 0 Å². The van der Waals surface area contributed by atoms with E-state index in [1.54, 1.807) is 0 Å². The van der Waals surface area contributed by atoms with Crippen molar-refractivity contribution in [1.82, 2.24) is 0 Å². The standard InChI is InChI=1S/C23H33O4P/c1-20(2)15-23(3,4)18-25-19-28(24,26-16-21-11-7-5-8-12-21)27-17-22-13-9-6-10-14-22/h5-14,20H,15-19H2,1-4H3. The number of ether oxygens (including phenoxy) is 1. The maximum atomic E-state index is 13.3. The van der Waals surface area contributed by atoms with E-state index in [9.17, 15) is 4.57 Å². The molecular weight excluding hydrogens is 371 g/mol.